The number of nitrogens with zero attached hydrogens (tertiary/aromatic N) is 2. The molecule has 0 aliphatic carbocycles. The van der Waals surface area contributed by atoms with Crippen LogP contribution in [0.4, 0.5) is 0 Å². The molecule has 78 valence electrons. The molecule has 1 aromatic heterocycles. The number of aryl methyl sites for hydroxylation is 1. The first-order valence-corrected chi connectivity index (χ1v) is 5.38. The van der Waals surface area contributed by atoms with Crippen molar-refractivity contribution >= 4 is 15.9 Å². The number of benzene rings is 1. The van der Waals surface area contributed by atoms with E-state index < -0.39 is 0 Å². The van der Waals surface area contributed by atoms with Crippen LogP contribution in [0, 0.1) is 6.92 Å². The van der Waals surface area contributed by atoms with E-state index in [-0.39, 0.29) is 0 Å². The third kappa shape index (κ3) is 2.21. The molecular formula is C11H11BrN2O. The summed E-state index contributed by atoms with van der Waals surface area (Å²) in [6.07, 6.45) is 1.72. The van der Waals surface area contributed by atoms with Crippen LogP contribution in [0.15, 0.2) is 34.9 Å². The fraction of sp³-hybridized carbons (Fsp3) is 0.182. The van der Waals surface area contributed by atoms with Gasteiger partial charge in [0.1, 0.15) is 5.75 Å². The lowest BCUT2D eigenvalue weighted by Crippen LogP contribution is -1.93. The van der Waals surface area contributed by atoms with E-state index in [1.165, 1.54) is 0 Å². The van der Waals surface area contributed by atoms with Gasteiger partial charge in [0.2, 0.25) is 0 Å². The fourth-order valence-electron chi connectivity index (χ4n) is 1.24. The highest BCUT2D eigenvalue weighted by Gasteiger charge is 2.05. The minimum atomic E-state index is 0.788. The van der Waals surface area contributed by atoms with Gasteiger partial charge in [0.05, 0.1) is 11.9 Å². The number of hydrogen-bond acceptors (Lipinski definition) is 2. The highest BCUT2D eigenvalue weighted by atomic mass is 79.9. The third-order valence-electron chi connectivity index (χ3n) is 2.21. The number of ether oxygens (including phenoxy) is 1. The number of halogens is 1. The molecule has 0 atom stereocenters. The van der Waals surface area contributed by atoms with Gasteiger partial charge in [-0.15, -0.1) is 0 Å². The summed E-state index contributed by atoms with van der Waals surface area (Å²) in [6, 6.07) is 7.73. The average Bonchev–Trinajstić information content (AvgIpc) is 2.50. The molecule has 1 aromatic carbocycles. The largest absolute Gasteiger partial charge is 0.454 e. The van der Waals surface area contributed by atoms with Gasteiger partial charge < -0.3 is 4.74 Å². The molecular weight excluding hydrogens is 256 g/mol. The van der Waals surface area contributed by atoms with Crippen molar-refractivity contribution in [3.8, 4) is 11.5 Å². The molecule has 0 spiro atoms. The smallest absolute Gasteiger partial charge is 0.168 e. The molecule has 0 saturated carbocycles. The predicted molar refractivity (Wildman–Crippen MR) is 62.2 cm³/mol. The maximum absolute atomic E-state index is 5.70. The summed E-state index contributed by atoms with van der Waals surface area (Å²) >= 11 is 3.40. The van der Waals surface area contributed by atoms with Crippen LogP contribution in [-0.2, 0) is 7.05 Å². The van der Waals surface area contributed by atoms with E-state index in [1.807, 2.05) is 38.2 Å². The molecule has 0 radical (unpaired) electrons. The predicted octanol–water partition coefficient (Wildman–Crippen LogP) is 3.28. The van der Waals surface area contributed by atoms with Crippen LogP contribution in [0.1, 0.15) is 5.69 Å². The first-order valence-electron chi connectivity index (χ1n) is 4.59. The standard InChI is InChI=1S/C11H11BrN2O/c1-8-11(7-13-14(8)2)15-10-5-3-4-9(12)6-10/h3-7H,1-2H3. The molecule has 0 saturated heterocycles. The second-order valence-electron chi connectivity index (χ2n) is 3.28. The molecule has 0 amide bonds. The number of aromatic nitrogens is 2. The van der Waals surface area contributed by atoms with Crippen molar-refractivity contribution < 1.29 is 4.74 Å². The zero-order chi connectivity index (χ0) is 10.8. The summed E-state index contributed by atoms with van der Waals surface area (Å²) in [5, 5.41) is 4.11. The SMILES string of the molecule is Cc1c(Oc2cccc(Br)c2)cnn1C. The molecule has 0 aliphatic heterocycles. The Morgan fingerprint density at radius 3 is 2.80 bits per heavy atom. The molecule has 0 aliphatic rings. The Kier molecular flexibility index (Phi) is 2.77. The molecule has 15 heavy (non-hydrogen) atoms. The Balaban J connectivity index is 2.26. The maximum Gasteiger partial charge on any atom is 0.168 e. The summed E-state index contributed by atoms with van der Waals surface area (Å²) in [5.41, 5.74) is 1.01. The van der Waals surface area contributed by atoms with E-state index in [9.17, 15) is 0 Å². The van der Waals surface area contributed by atoms with Crippen LogP contribution in [0.25, 0.3) is 0 Å². The van der Waals surface area contributed by atoms with E-state index in [0.29, 0.717) is 0 Å². The van der Waals surface area contributed by atoms with Crippen LogP contribution in [0.5, 0.6) is 11.5 Å². The minimum Gasteiger partial charge on any atom is -0.454 e. The van der Waals surface area contributed by atoms with Crippen molar-refractivity contribution in [3.63, 3.8) is 0 Å². The van der Waals surface area contributed by atoms with Gasteiger partial charge in [0.15, 0.2) is 5.75 Å². The summed E-state index contributed by atoms with van der Waals surface area (Å²) in [4.78, 5) is 0. The lowest BCUT2D eigenvalue weighted by molar-refractivity contribution is 0.477. The second-order valence-corrected chi connectivity index (χ2v) is 4.19. The van der Waals surface area contributed by atoms with Gasteiger partial charge in [-0.25, -0.2) is 0 Å². The Hall–Kier alpha value is -1.29. The Labute approximate surface area is 96.8 Å². The van der Waals surface area contributed by atoms with E-state index in [1.54, 1.807) is 10.9 Å². The second kappa shape index (κ2) is 4.06. The topological polar surface area (TPSA) is 27.1 Å². The molecule has 3 nitrogen and oxygen atoms in total. The lowest BCUT2D eigenvalue weighted by atomic mass is 10.3. The number of hydrogen-bond donors (Lipinski definition) is 0. The van der Waals surface area contributed by atoms with Crippen LogP contribution < -0.4 is 4.74 Å². The van der Waals surface area contributed by atoms with Crippen molar-refractivity contribution in [2.45, 2.75) is 6.92 Å². The summed E-state index contributed by atoms with van der Waals surface area (Å²) in [5.74, 6) is 1.59. The Bertz CT molecular complexity index is 479. The monoisotopic (exact) mass is 266 g/mol. The van der Waals surface area contributed by atoms with Crippen LogP contribution in [0.3, 0.4) is 0 Å². The van der Waals surface area contributed by atoms with Gasteiger partial charge in [-0.1, -0.05) is 22.0 Å². The van der Waals surface area contributed by atoms with Crippen molar-refractivity contribution in [1.82, 2.24) is 9.78 Å². The Morgan fingerprint density at radius 1 is 1.40 bits per heavy atom. The first-order chi connectivity index (χ1) is 7.16. The van der Waals surface area contributed by atoms with Gasteiger partial charge in [0.25, 0.3) is 0 Å². The molecule has 0 bridgehead atoms. The van der Waals surface area contributed by atoms with Crippen LogP contribution in [-0.4, -0.2) is 9.78 Å². The highest BCUT2D eigenvalue weighted by Crippen LogP contribution is 2.26. The van der Waals surface area contributed by atoms with Crippen molar-refractivity contribution in [2.24, 2.45) is 7.05 Å². The first kappa shape index (κ1) is 10.2. The molecule has 2 aromatic rings. The zero-order valence-electron chi connectivity index (χ0n) is 8.57. The summed E-state index contributed by atoms with van der Waals surface area (Å²) in [7, 11) is 1.89. The van der Waals surface area contributed by atoms with Crippen LogP contribution in [0.2, 0.25) is 0 Å². The van der Waals surface area contributed by atoms with E-state index in [4.69, 9.17) is 4.74 Å². The minimum absolute atomic E-state index is 0.788. The van der Waals surface area contributed by atoms with Crippen molar-refractivity contribution in [3.05, 3.63) is 40.6 Å². The van der Waals surface area contributed by atoms with Gasteiger partial charge in [-0.05, 0) is 25.1 Å². The maximum atomic E-state index is 5.70. The molecule has 0 fully saturated rings. The average molecular weight is 267 g/mol. The zero-order valence-corrected chi connectivity index (χ0v) is 10.2. The van der Waals surface area contributed by atoms with Gasteiger partial charge in [-0.3, -0.25) is 4.68 Å². The van der Waals surface area contributed by atoms with Crippen molar-refractivity contribution in [1.29, 1.82) is 0 Å². The molecule has 0 N–H and O–H groups in total. The summed E-state index contributed by atoms with van der Waals surface area (Å²) in [6.45, 7) is 1.97. The van der Waals surface area contributed by atoms with Gasteiger partial charge >= 0.3 is 0 Å². The van der Waals surface area contributed by atoms with Gasteiger partial charge in [-0.2, -0.15) is 5.10 Å². The lowest BCUT2D eigenvalue weighted by Gasteiger charge is -2.04. The quantitative estimate of drug-likeness (QED) is 0.834. The van der Waals surface area contributed by atoms with Gasteiger partial charge in [0, 0.05) is 11.5 Å². The van der Waals surface area contributed by atoms with E-state index >= 15 is 0 Å². The van der Waals surface area contributed by atoms with E-state index in [0.717, 1.165) is 21.7 Å². The normalized spacial score (nSPS) is 10.3. The van der Waals surface area contributed by atoms with E-state index in [2.05, 4.69) is 21.0 Å². The summed E-state index contributed by atoms with van der Waals surface area (Å²) < 4.78 is 8.48. The molecule has 0 unspecified atom stereocenters. The van der Waals surface area contributed by atoms with Crippen molar-refractivity contribution in [2.75, 3.05) is 0 Å². The third-order valence-corrected chi connectivity index (χ3v) is 2.71. The molecule has 1 heterocycles. The van der Waals surface area contributed by atoms with Crippen LogP contribution >= 0.6 is 15.9 Å². The fourth-order valence-corrected chi connectivity index (χ4v) is 1.61. The molecule has 2 rings (SSSR count). The molecule has 4 heteroatoms. The Morgan fingerprint density at radius 2 is 2.20 bits per heavy atom. The highest BCUT2D eigenvalue weighted by molar-refractivity contribution is 9.10. The number of rotatable bonds is 2.